The summed E-state index contributed by atoms with van der Waals surface area (Å²) in [5.41, 5.74) is 5.20. The number of nitrogens with two attached hydrogens (primary N) is 1. The summed E-state index contributed by atoms with van der Waals surface area (Å²) in [6.45, 7) is -0.105. The van der Waals surface area contributed by atoms with Crippen LogP contribution in [0.4, 0.5) is 0 Å². The average Bonchev–Trinajstić information content (AvgIpc) is 2.15. The lowest BCUT2D eigenvalue weighted by atomic mass is 10.3. The van der Waals surface area contributed by atoms with Gasteiger partial charge in [-0.15, -0.1) is 0 Å². The van der Waals surface area contributed by atoms with Gasteiger partial charge in [0.15, 0.2) is 0 Å². The van der Waals surface area contributed by atoms with Gasteiger partial charge in [-0.3, -0.25) is 4.79 Å². The number of aromatic nitrogens is 2. The number of aliphatic carboxylic acids is 1. The number of ether oxygens (including phenoxy) is 1. The fourth-order valence-electron chi connectivity index (χ4n) is 0.610. The second kappa shape index (κ2) is 4.36. The molecule has 1 aromatic heterocycles. The molecule has 6 heteroatoms. The van der Waals surface area contributed by atoms with E-state index in [-0.39, 0.29) is 6.61 Å². The van der Waals surface area contributed by atoms with E-state index in [0.29, 0.717) is 5.88 Å². The molecule has 0 saturated carbocycles. The molecule has 1 atom stereocenters. The van der Waals surface area contributed by atoms with Gasteiger partial charge in [-0.25, -0.2) is 9.97 Å². The van der Waals surface area contributed by atoms with Crippen molar-refractivity contribution in [3.63, 3.8) is 0 Å². The molecule has 0 aliphatic carbocycles. The van der Waals surface area contributed by atoms with Crippen molar-refractivity contribution in [3.05, 3.63) is 18.6 Å². The minimum atomic E-state index is -1.10. The molecule has 1 unspecified atom stereocenters. The molecular weight excluding hydrogens is 174 g/mol. The molecule has 13 heavy (non-hydrogen) atoms. The van der Waals surface area contributed by atoms with Crippen molar-refractivity contribution in [2.24, 2.45) is 5.73 Å². The molecule has 0 spiro atoms. The summed E-state index contributed by atoms with van der Waals surface area (Å²) in [7, 11) is 0. The Labute approximate surface area is 74.4 Å². The number of hydrogen-bond acceptors (Lipinski definition) is 5. The normalized spacial score (nSPS) is 12.1. The molecule has 6 nitrogen and oxygen atoms in total. The SMILES string of the molecule is NC(COc1ccncn1)C(=O)O. The molecule has 0 saturated heterocycles. The third-order valence-corrected chi connectivity index (χ3v) is 1.28. The van der Waals surface area contributed by atoms with Crippen molar-refractivity contribution in [3.8, 4) is 5.88 Å². The molecule has 3 N–H and O–H groups in total. The first-order valence-electron chi connectivity index (χ1n) is 3.57. The van der Waals surface area contributed by atoms with Crippen molar-refractivity contribution in [1.82, 2.24) is 9.97 Å². The van der Waals surface area contributed by atoms with Gasteiger partial charge in [-0.2, -0.15) is 0 Å². The third-order valence-electron chi connectivity index (χ3n) is 1.28. The fourth-order valence-corrected chi connectivity index (χ4v) is 0.610. The van der Waals surface area contributed by atoms with Crippen LogP contribution in [-0.2, 0) is 4.79 Å². The highest BCUT2D eigenvalue weighted by atomic mass is 16.5. The Balaban J connectivity index is 2.39. The van der Waals surface area contributed by atoms with Crippen molar-refractivity contribution < 1.29 is 14.6 Å². The van der Waals surface area contributed by atoms with Crippen LogP contribution < -0.4 is 10.5 Å². The van der Waals surface area contributed by atoms with E-state index in [1.165, 1.54) is 18.6 Å². The molecule has 1 rings (SSSR count). The predicted octanol–water partition coefficient (Wildman–Crippen LogP) is -0.733. The van der Waals surface area contributed by atoms with E-state index < -0.39 is 12.0 Å². The second-order valence-electron chi connectivity index (χ2n) is 2.30. The predicted molar refractivity (Wildman–Crippen MR) is 43.1 cm³/mol. The van der Waals surface area contributed by atoms with E-state index in [2.05, 4.69) is 9.97 Å². The Morgan fingerprint density at radius 2 is 2.54 bits per heavy atom. The molecule has 0 bridgehead atoms. The second-order valence-corrected chi connectivity index (χ2v) is 2.30. The van der Waals surface area contributed by atoms with E-state index in [4.69, 9.17) is 15.6 Å². The molecule has 0 amide bonds. The Kier molecular flexibility index (Phi) is 3.15. The van der Waals surface area contributed by atoms with Crippen molar-refractivity contribution in [1.29, 1.82) is 0 Å². The van der Waals surface area contributed by atoms with Gasteiger partial charge in [0.25, 0.3) is 0 Å². The number of carboxylic acids is 1. The van der Waals surface area contributed by atoms with Crippen LogP contribution in [0.15, 0.2) is 18.6 Å². The van der Waals surface area contributed by atoms with Crippen LogP contribution in [0.5, 0.6) is 5.88 Å². The van der Waals surface area contributed by atoms with Crippen LogP contribution in [0.1, 0.15) is 0 Å². The fraction of sp³-hybridized carbons (Fsp3) is 0.286. The summed E-state index contributed by atoms with van der Waals surface area (Å²) in [6.07, 6.45) is 2.80. The van der Waals surface area contributed by atoms with Crippen LogP contribution in [0.25, 0.3) is 0 Å². The molecular formula is C7H9N3O3. The first-order valence-corrected chi connectivity index (χ1v) is 3.57. The first-order chi connectivity index (χ1) is 6.20. The highest BCUT2D eigenvalue weighted by molar-refractivity contribution is 5.73. The lowest BCUT2D eigenvalue weighted by Gasteiger charge is -2.07. The van der Waals surface area contributed by atoms with Crippen LogP contribution in [0.2, 0.25) is 0 Å². The molecule has 0 radical (unpaired) electrons. The maximum Gasteiger partial charge on any atom is 0.324 e. The third kappa shape index (κ3) is 3.04. The topological polar surface area (TPSA) is 98.3 Å². The highest BCUT2D eigenvalue weighted by Gasteiger charge is 2.11. The summed E-state index contributed by atoms with van der Waals surface area (Å²) < 4.78 is 4.97. The quantitative estimate of drug-likeness (QED) is 0.638. The summed E-state index contributed by atoms with van der Waals surface area (Å²) in [5, 5.41) is 8.42. The van der Waals surface area contributed by atoms with Crippen LogP contribution in [0, 0.1) is 0 Å². The molecule has 0 aliphatic rings. The number of carbonyl (C=O) groups is 1. The molecule has 0 fully saturated rings. The smallest absolute Gasteiger partial charge is 0.324 e. The zero-order valence-electron chi connectivity index (χ0n) is 6.75. The number of hydrogen-bond donors (Lipinski definition) is 2. The van der Waals surface area contributed by atoms with Gasteiger partial charge >= 0.3 is 5.97 Å². The Hall–Kier alpha value is -1.69. The Morgan fingerprint density at radius 3 is 3.08 bits per heavy atom. The number of rotatable bonds is 4. The van der Waals surface area contributed by atoms with Gasteiger partial charge in [0.05, 0.1) is 0 Å². The van der Waals surface area contributed by atoms with Crippen molar-refractivity contribution in [2.75, 3.05) is 6.61 Å². The minimum Gasteiger partial charge on any atom is -0.480 e. The lowest BCUT2D eigenvalue weighted by molar-refractivity contribution is -0.139. The van der Waals surface area contributed by atoms with Gasteiger partial charge in [-0.1, -0.05) is 0 Å². The van der Waals surface area contributed by atoms with Gasteiger partial charge in [0.1, 0.15) is 19.0 Å². The standard InChI is InChI=1S/C7H9N3O3/c8-5(7(11)12)3-13-6-1-2-9-4-10-6/h1-2,4-5H,3,8H2,(H,11,12). The van der Waals surface area contributed by atoms with E-state index in [9.17, 15) is 4.79 Å². The molecule has 0 aromatic carbocycles. The summed E-state index contributed by atoms with van der Waals surface area (Å²) in [6, 6.07) is 0.490. The Morgan fingerprint density at radius 1 is 1.77 bits per heavy atom. The zero-order chi connectivity index (χ0) is 9.68. The molecule has 70 valence electrons. The lowest BCUT2D eigenvalue weighted by Crippen LogP contribution is -2.36. The Bertz CT molecular complexity index is 278. The number of nitrogens with zero attached hydrogens (tertiary/aromatic N) is 2. The van der Waals surface area contributed by atoms with Gasteiger partial charge in [0, 0.05) is 12.3 Å². The molecule has 0 aliphatic heterocycles. The summed E-state index contributed by atoms with van der Waals surface area (Å²) >= 11 is 0. The van der Waals surface area contributed by atoms with E-state index in [0.717, 1.165) is 0 Å². The average molecular weight is 183 g/mol. The summed E-state index contributed by atoms with van der Waals surface area (Å²) in [4.78, 5) is 17.7. The monoisotopic (exact) mass is 183 g/mol. The van der Waals surface area contributed by atoms with E-state index in [1.54, 1.807) is 0 Å². The first kappa shape index (κ1) is 9.40. The minimum absolute atomic E-state index is 0.105. The van der Waals surface area contributed by atoms with Crippen molar-refractivity contribution in [2.45, 2.75) is 6.04 Å². The van der Waals surface area contributed by atoms with E-state index >= 15 is 0 Å². The highest BCUT2D eigenvalue weighted by Crippen LogP contribution is 2.01. The van der Waals surface area contributed by atoms with Crippen LogP contribution in [0.3, 0.4) is 0 Å². The number of carboxylic acid groups (broad SMARTS) is 1. The van der Waals surface area contributed by atoms with Gasteiger partial charge in [0.2, 0.25) is 5.88 Å². The molecule has 1 aromatic rings. The summed E-state index contributed by atoms with van der Waals surface area (Å²) in [5.74, 6) is -0.791. The molecule has 1 heterocycles. The van der Waals surface area contributed by atoms with Crippen LogP contribution in [-0.4, -0.2) is 33.7 Å². The maximum atomic E-state index is 10.3. The van der Waals surface area contributed by atoms with E-state index in [1.807, 2.05) is 0 Å². The maximum absolute atomic E-state index is 10.3. The van der Waals surface area contributed by atoms with Gasteiger partial charge in [-0.05, 0) is 0 Å². The van der Waals surface area contributed by atoms with Crippen molar-refractivity contribution >= 4 is 5.97 Å². The van der Waals surface area contributed by atoms with Gasteiger partial charge < -0.3 is 15.6 Å². The zero-order valence-corrected chi connectivity index (χ0v) is 6.75. The largest absolute Gasteiger partial charge is 0.480 e. The van der Waals surface area contributed by atoms with Crippen LogP contribution >= 0.6 is 0 Å².